The Morgan fingerprint density at radius 3 is 2.57 bits per heavy atom. The van der Waals surface area contributed by atoms with E-state index in [9.17, 15) is 13.6 Å². The number of carbonyl (C=O) groups excluding carboxylic acids is 1. The second-order valence-corrected chi connectivity index (χ2v) is 5.15. The minimum absolute atomic E-state index is 0.0720. The van der Waals surface area contributed by atoms with Gasteiger partial charge in [-0.25, -0.2) is 4.79 Å². The van der Waals surface area contributed by atoms with E-state index in [0.29, 0.717) is 10.7 Å². The Kier molecular flexibility index (Phi) is 5.76. The number of ether oxygens (including phenoxy) is 1. The number of hydrogen-bond donors (Lipinski definition) is 2. The lowest BCUT2D eigenvalue weighted by atomic mass is 10.2. The molecule has 0 saturated carbocycles. The highest BCUT2D eigenvalue weighted by Crippen LogP contribution is 2.22. The van der Waals surface area contributed by atoms with Crippen molar-refractivity contribution in [2.24, 2.45) is 0 Å². The van der Waals surface area contributed by atoms with Crippen LogP contribution in [0.3, 0.4) is 0 Å². The van der Waals surface area contributed by atoms with Gasteiger partial charge in [0.1, 0.15) is 5.75 Å². The van der Waals surface area contributed by atoms with Crippen LogP contribution in [0, 0.1) is 6.92 Å². The Labute approximate surface area is 137 Å². The second-order valence-electron chi connectivity index (χ2n) is 4.74. The van der Waals surface area contributed by atoms with E-state index in [1.807, 2.05) is 0 Å². The van der Waals surface area contributed by atoms with Crippen molar-refractivity contribution < 1.29 is 18.3 Å². The van der Waals surface area contributed by atoms with Crippen LogP contribution in [0.2, 0.25) is 5.02 Å². The molecule has 2 N–H and O–H groups in total. The summed E-state index contributed by atoms with van der Waals surface area (Å²) in [5, 5.41) is 5.94. The van der Waals surface area contributed by atoms with Crippen molar-refractivity contribution in [1.82, 2.24) is 5.32 Å². The Bertz CT molecular complexity index is 678. The van der Waals surface area contributed by atoms with Crippen LogP contribution in [-0.4, -0.2) is 12.6 Å². The summed E-state index contributed by atoms with van der Waals surface area (Å²) in [6.45, 7) is -0.800. The molecule has 0 heterocycles. The van der Waals surface area contributed by atoms with E-state index < -0.39 is 6.61 Å². The normalized spacial score (nSPS) is 10.5. The van der Waals surface area contributed by atoms with Crippen molar-refractivity contribution in [3.63, 3.8) is 0 Å². The van der Waals surface area contributed by atoms with E-state index >= 15 is 0 Å². The number of hydrogen-bond acceptors (Lipinski definition) is 2. The number of rotatable bonds is 5. The molecule has 0 spiro atoms. The van der Waals surface area contributed by atoms with Gasteiger partial charge >= 0.3 is 12.6 Å². The molecule has 0 aromatic heterocycles. The van der Waals surface area contributed by atoms with E-state index in [2.05, 4.69) is 15.4 Å². The minimum atomic E-state index is -2.86. The molecule has 0 saturated heterocycles. The van der Waals surface area contributed by atoms with Gasteiger partial charge in [0.25, 0.3) is 0 Å². The Morgan fingerprint density at radius 1 is 1.22 bits per heavy atom. The Morgan fingerprint density at radius 2 is 1.91 bits per heavy atom. The summed E-state index contributed by atoms with van der Waals surface area (Å²) in [6.07, 6.45) is 0. The zero-order valence-electron chi connectivity index (χ0n) is 12.3. The van der Waals surface area contributed by atoms with Crippen LogP contribution in [0.15, 0.2) is 42.5 Å². The molecule has 2 aromatic rings. The lowest BCUT2D eigenvalue weighted by Crippen LogP contribution is -2.28. The van der Waals surface area contributed by atoms with Crippen LogP contribution < -0.4 is 15.4 Å². The fourth-order valence-corrected chi connectivity index (χ4v) is 2.06. The third-order valence-corrected chi connectivity index (χ3v) is 3.53. The smallest absolute Gasteiger partial charge is 0.387 e. The van der Waals surface area contributed by atoms with Crippen LogP contribution in [0.25, 0.3) is 0 Å². The number of nitrogens with one attached hydrogen (secondary N) is 2. The van der Waals surface area contributed by atoms with Crippen molar-refractivity contribution in [2.45, 2.75) is 20.1 Å². The summed E-state index contributed by atoms with van der Waals surface area (Å²) in [5.41, 5.74) is 2.15. The molecule has 2 amide bonds. The highest BCUT2D eigenvalue weighted by atomic mass is 35.5. The maximum Gasteiger partial charge on any atom is 0.387 e. The molecule has 0 unspecified atom stereocenters. The Balaban J connectivity index is 1.88. The summed E-state index contributed by atoms with van der Waals surface area (Å²) in [5.74, 6) is 0.0720. The van der Waals surface area contributed by atoms with Gasteiger partial charge in [-0.1, -0.05) is 29.8 Å². The average Bonchev–Trinajstić information content (AvgIpc) is 2.51. The first-order valence-corrected chi connectivity index (χ1v) is 7.17. The van der Waals surface area contributed by atoms with Gasteiger partial charge in [0.05, 0.1) is 0 Å². The predicted molar refractivity (Wildman–Crippen MR) is 85.1 cm³/mol. The van der Waals surface area contributed by atoms with Crippen LogP contribution in [0.1, 0.15) is 11.1 Å². The zero-order valence-corrected chi connectivity index (χ0v) is 13.0. The number of halogens is 3. The van der Waals surface area contributed by atoms with Crippen LogP contribution >= 0.6 is 11.6 Å². The van der Waals surface area contributed by atoms with Crippen molar-refractivity contribution in [2.75, 3.05) is 5.32 Å². The van der Waals surface area contributed by atoms with Crippen molar-refractivity contribution in [1.29, 1.82) is 0 Å². The molecule has 0 bridgehead atoms. The molecule has 2 aromatic carbocycles. The van der Waals surface area contributed by atoms with E-state index in [0.717, 1.165) is 11.1 Å². The minimum Gasteiger partial charge on any atom is -0.435 e. The van der Waals surface area contributed by atoms with Crippen LogP contribution in [0.4, 0.5) is 19.3 Å². The molecule has 122 valence electrons. The van der Waals surface area contributed by atoms with Crippen molar-refractivity contribution >= 4 is 23.3 Å². The van der Waals surface area contributed by atoms with E-state index in [1.165, 1.54) is 12.1 Å². The fourth-order valence-electron chi connectivity index (χ4n) is 1.88. The molecular formula is C16H15ClF2N2O2. The van der Waals surface area contributed by atoms with Gasteiger partial charge in [-0.05, 0) is 42.3 Å². The lowest BCUT2D eigenvalue weighted by Gasteiger charge is -2.11. The monoisotopic (exact) mass is 340 g/mol. The van der Waals surface area contributed by atoms with Crippen LogP contribution in [0.5, 0.6) is 5.75 Å². The largest absolute Gasteiger partial charge is 0.435 e. The number of amides is 2. The molecule has 7 heteroatoms. The predicted octanol–water partition coefficient (Wildman–Crippen LogP) is 4.57. The first kappa shape index (κ1) is 17.0. The zero-order chi connectivity index (χ0) is 16.8. The standard InChI is InChI=1S/C16H15ClF2N2O2/c1-10-13(17)3-2-4-14(10)21-16(22)20-9-11-5-7-12(8-6-11)23-15(18)19/h2-8,15H,9H2,1H3,(H2,20,21,22). The summed E-state index contributed by atoms with van der Waals surface area (Å²) >= 11 is 5.98. The third kappa shape index (κ3) is 5.10. The number of carbonyl (C=O) groups is 1. The molecule has 0 aliphatic carbocycles. The highest BCUT2D eigenvalue weighted by Gasteiger charge is 2.07. The molecule has 0 radical (unpaired) electrons. The summed E-state index contributed by atoms with van der Waals surface area (Å²) < 4.78 is 28.3. The van der Waals surface area contributed by atoms with E-state index in [1.54, 1.807) is 37.3 Å². The topological polar surface area (TPSA) is 50.4 Å². The molecule has 2 rings (SSSR count). The van der Waals surface area contributed by atoms with Gasteiger partial charge in [-0.2, -0.15) is 8.78 Å². The number of urea groups is 1. The van der Waals surface area contributed by atoms with Gasteiger partial charge in [-0.15, -0.1) is 0 Å². The van der Waals surface area contributed by atoms with E-state index in [-0.39, 0.29) is 18.3 Å². The summed E-state index contributed by atoms with van der Waals surface area (Å²) in [4.78, 5) is 11.9. The average molecular weight is 341 g/mol. The fraction of sp³-hybridized carbons (Fsp3) is 0.188. The van der Waals surface area contributed by atoms with E-state index in [4.69, 9.17) is 11.6 Å². The van der Waals surface area contributed by atoms with Crippen molar-refractivity contribution in [3.8, 4) is 5.75 Å². The van der Waals surface area contributed by atoms with Gasteiger partial charge in [0, 0.05) is 17.3 Å². The number of benzene rings is 2. The Hall–Kier alpha value is -2.34. The molecule has 23 heavy (non-hydrogen) atoms. The SMILES string of the molecule is Cc1c(Cl)cccc1NC(=O)NCc1ccc(OC(F)F)cc1. The molecule has 0 atom stereocenters. The van der Waals surface area contributed by atoms with Gasteiger partial charge in [0.15, 0.2) is 0 Å². The van der Waals surface area contributed by atoms with Crippen molar-refractivity contribution in [3.05, 3.63) is 58.6 Å². The first-order chi connectivity index (χ1) is 11.0. The molecule has 0 aliphatic rings. The molecule has 0 fully saturated rings. The summed E-state index contributed by atoms with van der Waals surface area (Å²) in [7, 11) is 0. The molecule has 0 aliphatic heterocycles. The number of alkyl halides is 2. The van der Waals surface area contributed by atoms with Crippen LogP contribution in [-0.2, 0) is 6.54 Å². The summed E-state index contributed by atoms with van der Waals surface area (Å²) in [6, 6.07) is 10.9. The van der Waals surface area contributed by atoms with Gasteiger partial charge in [0.2, 0.25) is 0 Å². The first-order valence-electron chi connectivity index (χ1n) is 6.79. The lowest BCUT2D eigenvalue weighted by molar-refractivity contribution is -0.0498. The van der Waals surface area contributed by atoms with Gasteiger partial charge < -0.3 is 15.4 Å². The second kappa shape index (κ2) is 7.78. The number of anilines is 1. The highest BCUT2D eigenvalue weighted by molar-refractivity contribution is 6.31. The maximum atomic E-state index is 12.0. The maximum absolute atomic E-state index is 12.0. The quantitative estimate of drug-likeness (QED) is 0.837. The molecular weight excluding hydrogens is 326 g/mol. The third-order valence-electron chi connectivity index (χ3n) is 3.12. The van der Waals surface area contributed by atoms with Gasteiger partial charge in [-0.3, -0.25) is 0 Å². The molecule has 4 nitrogen and oxygen atoms in total.